The Bertz CT molecular complexity index is 1580. The van der Waals surface area contributed by atoms with Gasteiger partial charge in [-0.2, -0.15) is 0 Å². The van der Waals surface area contributed by atoms with Gasteiger partial charge in [0, 0.05) is 34.6 Å². The first-order chi connectivity index (χ1) is 16.7. The minimum atomic E-state index is -3.54. The number of aromatic nitrogens is 2. The minimum Gasteiger partial charge on any atom is -0.496 e. The fraction of sp³-hybridized carbons (Fsp3) is 0.240. The number of anilines is 1. The molecule has 1 heterocycles. The summed E-state index contributed by atoms with van der Waals surface area (Å²) in [5.41, 5.74) is 6.76. The maximum Gasteiger partial charge on any atom is 0.332 e. The van der Waals surface area contributed by atoms with Gasteiger partial charge in [-0.05, 0) is 35.2 Å². The molecule has 0 unspecified atom stereocenters. The second kappa shape index (κ2) is 9.86. The topological polar surface area (TPSA) is 153 Å². The van der Waals surface area contributed by atoms with E-state index in [1.165, 1.54) is 36.1 Å². The smallest absolute Gasteiger partial charge is 0.332 e. The van der Waals surface area contributed by atoms with E-state index in [0.717, 1.165) is 11.8 Å². The highest BCUT2D eigenvalue weighted by atomic mass is 32.2. The molecular formula is C25H28N4O6S. The van der Waals surface area contributed by atoms with Crippen molar-refractivity contribution < 1.29 is 17.9 Å². The average Bonchev–Trinajstić information content (AvgIpc) is 2.75. The molecule has 1 amide bonds. The molecule has 0 saturated carbocycles. The zero-order valence-electron chi connectivity index (χ0n) is 20.6. The van der Waals surface area contributed by atoms with Gasteiger partial charge in [-0.1, -0.05) is 39.0 Å². The number of sulfonamides is 1. The van der Waals surface area contributed by atoms with Crippen molar-refractivity contribution in [2.24, 2.45) is 5.73 Å². The number of methoxy groups -OCH3 is 1. The number of H-pyrrole nitrogens is 1. The number of carbonyl (C=O) groups is 1. The SMILES string of the molecule is COc1c(C=Cc2ccc(NS(C)(=O)=O)cc2C(N)=O)cc(-n2ccc(=O)[nH]c2=O)cc1C(C)(C)C. The number of rotatable bonds is 7. The van der Waals surface area contributed by atoms with Crippen molar-refractivity contribution in [1.82, 2.24) is 9.55 Å². The predicted molar refractivity (Wildman–Crippen MR) is 140 cm³/mol. The summed E-state index contributed by atoms with van der Waals surface area (Å²) in [6, 6.07) is 9.23. The zero-order chi connectivity index (χ0) is 26.8. The monoisotopic (exact) mass is 512 g/mol. The first kappa shape index (κ1) is 26.5. The second-order valence-electron chi connectivity index (χ2n) is 9.22. The van der Waals surface area contributed by atoms with Gasteiger partial charge < -0.3 is 10.5 Å². The lowest BCUT2D eigenvalue weighted by Gasteiger charge is -2.25. The molecular weight excluding hydrogens is 484 g/mol. The van der Waals surface area contributed by atoms with Gasteiger partial charge in [0.25, 0.3) is 5.56 Å². The van der Waals surface area contributed by atoms with Crippen LogP contribution in [0.2, 0.25) is 0 Å². The third kappa shape index (κ3) is 6.11. The Hall–Kier alpha value is -4.12. The van der Waals surface area contributed by atoms with Gasteiger partial charge >= 0.3 is 5.69 Å². The van der Waals surface area contributed by atoms with E-state index in [1.54, 1.807) is 24.3 Å². The summed E-state index contributed by atoms with van der Waals surface area (Å²) in [6.07, 6.45) is 5.75. The van der Waals surface area contributed by atoms with E-state index in [2.05, 4.69) is 9.71 Å². The van der Waals surface area contributed by atoms with Crippen molar-refractivity contribution in [3.8, 4) is 11.4 Å². The van der Waals surface area contributed by atoms with Crippen molar-refractivity contribution >= 4 is 33.8 Å². The molecule has 2 aromatic carbocycles. The molecule has 36 heavy (non-hydrogen) atoms. The number of hydrogen-bond donors (Lipinski definition) is 3. The van der Waals surface area contributed by atoms with Gasteiger partial charge in [0.2, 0.25) is 15.9 Å². The maximum atomic E-state index is 12.5. The molecule has 0 aliphatic carbocycles. The Morgan fingerprint density at radius 2 is 1.75 bits per heavy atom. The average molecular weight is 513 g/mol. The molecule has 3 aromatic rings. The number of nitrogens with two attached hydrogens (primary N) is 1. The van der Waals surface area contributed by atoms with Crippen molar-refractivity contribution in [3.05, 3.63) is 85.7 Å². The van der Waals surface area contributed by atoms with Crippen LogP contribution in [0.15, 0.2) is 52.2 Å². The molecule has 190 valence electrons. The maximum absolute atomic E-state index is 12.5. The highest BCUT2D eigenvalue weighted by Gasteiger charge is 2.22. The van der Waals surface area contributed by atoms with Crippen LogP contribution < -0.4 is 26.4 Å². The van der Waals surface area contributed by atoms with E-state index in [-0.39, 0.29) is 16.7 Å². The number of amides is 1. The molecule has 0 aliphatic rings. The number of benzene rings is 2. The van der Waals surface area contributed by atoms with E-state index in [0.29, 0.717) is 22.6 Å². The Labute approximate surface area is 208 Å². The number of nitrogens with one attached hydrogen (secondary N) is 2. The molecule has 1 aromatic heterocycles. The lowest BCUT2D eigenvalue weighted by molar-refractivity contribution is 0.1000. The van der Waals surface area contributed by atoms with Crippen LogP contribution in [0.4, 0.5) is 5.69 Å². The Balaban J connectivity index is 2.20. The van der Waals surface area contributed by atoms with E-state index in [9.17, 15) is 22.8 Å². The molecule has 0 aliphatic heterocycles. The summed E-state index contributed by atoms with van der Waals surface area (Å²) >= 11 is 0. The van der Waals surface area contributed by atoms with Crippen LogP contribution in [0.1, 0.15) is 47.8 Å². The molecule has 10 nitrogen and oxygen atoms in total. The molecule has 4 N–H and O–H groups in total. The van der Waals surface area contributed by atoms with Gasteiger partial charge in [-0.25, -0.2) is 13.2 Å². The van der Waals surface area contributed by atoms with Crippen LogP contribution in [0, 0.1) is 0 Å². The summed E-state index contributed by atoms with van der Waals surface area (Å²) in [5.74, 6) is -0.168. The summed E-state index contributed by atoms with van der Waals surface area (Å²) < 4.78 is 32.5. The fourth-order valence-electron chi connectivity index (χ4n) is 3.68. The second-order valence-corrected chi connectivity index (χ2v) is 11.0. The van der Waals surface area contributed by atoms with Crippen molar-refractivity contribution in [3.63, 3.8) is 0 Å². The van der Waals surface area contributed by atoms with E-state index >= 15 is 0 Å². The fourth-order valence-corrected chi connectivity index (χ4v) is 4.23. The number of ether oxygens (including phenoxy) is 1. The molecule has 3 rings (SSSR count). The number of hydrogen-bond acceptors (Lipinski definition) is 6. The van der Waals surface area contributed by atoms with Gasteiger partial charge in [-0.3, -0.25) is 23.9 Å². The highest BCUT2D eigenvalue weighted by Crippen LogP contribution is 2.37. The molecule has 0 radical (unpaired) electrons. The summed E-state index contributed by atoms with van der Waals surface area (Å²) in [5, 5.41) is 0. The van der Waals surface area contributed by atoms with E-state index in [1.807, 2.05) is 26.8 Å². The van der Waals surface area contributed by atoms with Gasteiger partial charge in [-0.15, -0.1) is 0 Å². The van der Waals surface area contributed by atoms with Crippen LogP contribution in [0.5, 0.6) is 5.75 Å². The molecule has 11 heteroatoms. The third-order valence-corrected chi connectivity index (χ3v) is 5.89. The highest BCUT2D eigenvalue weighted by molar-refractivity contribution is 7.92. The molecule has 0 bridgehead atoms. The van der Waals surface area contributed by atoms with Crippen LogP contribution in [-0.4, -0.2) is 37.2 Å². The lowest BCUT2D eigenvalue weighted by Crippen LogP contribution is -2.28. The van der Waals surface area contributed by atoms with E-state index < -0.39 is 27.2 Å². The minimum absolute atomic E-state index is 0.114. The Morgan fingerprint density at radius 3 is 2.31 bits per heavy atom. The van der Waals surface area contributed by atoms with Crippen LogP contribution in [0.3, 0.4) is 0 Å². The number of nitrogens with zero attached hydrogens (tertiary/aromatic N) is 1. The normalized spacial score (nSPS) is 12.0. The largest absolute Gasteiger partial charge is 0.496 e. The number of aromatic amines is 1. The molecule has 0 saturated heterocycles. The third-order valence-electron chi connectivity index (χ3n) is 5.28. The first-order valence-electron chi connectivity index (χ1n) is 10.8. The standard InChI is InChI=1S/C25H28N4O6S/c1-25(2,3)20-14-18(29-11-10-21(30)27-24(29)32)12-16(22(20)35-4)7-6-15-8-9-17(28-36(5,33)34)13-19(15)23(26)31/h6-14,28H,1-5H3,(H2,26,31)(H,27,30,32). The Morgan fingerprint density at radius 1 is 1.08 bits per heavy atom. The molecule has 0 fully saturated rings. The number of primary amides is 1. The van der Waals surface area contributed by atoms with Crippen LogP contribution >= 0.6 is 0 Å². The number of carbonyl (C=O) groups excluding carboxylic acids is 1. The molecule has 0 spiro atoms. The zero-order valence-corrected chi connectivity index (χ0v) is 21.4. The van der Waals surface area contributed by atoms with E-state index in [4.69, 9.17) is 10.5 Å². The Kier molecular flexibility index (Phi) is 7.25. The predicted octanol–water partition coefficient (Wildman–Crippen LogP) is 2.47. The first-order valence-corrected chi connectivity index (χ1v) is 12.7. The van der Waals surface area contributed by atoms with Crippen molar-refractivity contribution in [2.45, 2.75) is 26.2 Å². The van der Waals surface area contributed by atoms with Crippen LogP contribution in [0.25, 0.3) is 17.8 Å². The van der Waals surface area contributed by atoms with Crippen molar-refractivity contribution in [1.29, 1.82) is 0 Å². The van der Waals surface area contributed by atoms with Gasteiger partial charge in [0.1, 0.15) is 5.75 Å². The van der Waals surface area contributed by atoms with Crippen LogP contribution in [-0.2, 0) is 15.4 Å². The quantitative estimate of drug-likeness (QED) is 0.413. The summed E-state index contributed by atoms with van der Waals surface area (Å²) in [7, 11) is -2.00. The summed E-state index contributed by atoms with van der Waals surface area (Å²) in [6.45, 7) is 5.99. The lowest BCUT2D eigenvalue weighted by atomic mass is 9.84. The molecule has 0 atom stereocenters. The van der Waals surface area contributed by atoms with Gasteiger partial charge in [0.05, 0.1) is 19.1 Å². The van der Waals surface area contributed by atoms with Gasteiger partial charge in [0.15, 0.2) is 0 Å². The van der Waals surface area contributed by atoms with Crippen molar-refractivity contribution in [2.75, 3.05) is 18.1 Å². The summed E-state index contributed by atoms with van der Waals surface area (Å²) in [4.78, 5) is 38.3.